The number of nitrogens with one attached hydrogen (secondary N) is 1. The lowest BCUT2D eigenvalue weighted by molar-refractivity contribution is -0.117. The predicted molar refractivity (Wildman–Crippen MR) is 64.7 cm³/mol. The van der Waals surface area contributed by atoms with Crippen molar-refractivity contribution in [2.24, 2.45) is 0 Å². The molecule has 0 saturated carbocycles. The van der Waals surface area contributed by atoms with Gasteiger partial charge in [0.25, 0.3) is 0 Å². The molecule has 0 heterocycles. The summed E-state index contributed by atoms with van der Waals surface area (Å²) in [5.74, 6) is -0.0638. The zero-order chi connectivity index (χ0) is 11.8. The van der Waals surface area contributed by atoms with Gasteiger partial charge in [-0.2, -0.15) is 0 Å². The number of hydrogen-bond acceptors (Lipinski definition) is 2. The van der Waals surface area contributed by atoms with Crippen LogP contribution in [0.3, 0.4) is 0 Å². The Hall–Kier alpha value is -1.09. The maximum absolute atomic E-state index is 11.2. The van der Waals surface area contributed by atoms with Gasteiger partial charge in [0.05, 0.1) is 0 Å². The Bertz CT molecular complexity index is 234. The smallest absolute Gasteiger partial charge is 0.246 e. The van der Waals surface area contributed by atoms with Crippen molar-refractivity contribution in [3.8, 4) is 0 Å². The second-order valence-electron chi connectivity index (χ2n) is 3.97. The van der Waals surface area contributed by atoms with Crippen LogP contribution in [0, 0.1) is 0 Å². The molecule has 0 spiro atoms. The minimum atomic E-state index is -0.0638. The van der Waals surface area contributed by atoms with Gasteiger partial charge >= 0.3 is 0 Å². The zero-order valence-corrected chi connectivity index (χ0v) is 10.0. The van der Waals surface area contributed by atoms with Crippen molar-refractivity contribution in [1.29, 1.82) is 0 Å². The molecular weight excluding hydrogens is 188 g/mol. The summed E-state index contributed by atoms with van der Waals surface area (Å²) in [5, 5.41) is 2.83. The third kappa shape index (κ3) is 6.07. The van der Waals surface area contributed by atoms with Gasteiger partial charge in [-0.15, -0.1) is 6.58 Å². The fourth-order valence-corrected chi connectivity index (χ4v) is 1.28. The maximum Gasteiger partial charge on any atom is 0.246 e. The quantitative estimate of drug-likeness (QED) is 0.511. The Labute approximate surface area is 92.8 Å². The Morgan fingerprint density at radius 2 is 2.13 bits per heavy atom. The van der Waals surface area contributed by atoms with Crippen molar-refractivity contribution >= 4 is 5.91 Å². The lowest BCUT2D eigenvalue weighted by atomic mass is 10.1. The average molecular weight is 210 g/mol. The van der Waals surface area contributed by atoms with Crippen LogP contribution in [0.1, 0.15) is 19.8 Å². The molecule has 3 heteroatoms. The highest BCUT2D eigenvalue weighted by Gasteiger charge is 2.09. The molecule has 0 aromatic carbocycles. The Morgan fingerprint density at radius 3 is 2.53 bits per heavy atom. The molecule has 0 aliphatic carbocycles. The largest absolute Gasteiger partial charge is 0.352 e. The molecule has 0 radical (unpaired) electrons. The molecule has 86 valence electrons. The fourth-order valence-electron chi connectivity index (χ4n) is 1.28. The number of hydrogen-bond donors (Lipinski definition) is 1. The molecule has 0 saturated heterocycles. The van der Waals surface area contributed by atoms with Gasteiger partial charge in [-0.3, -0.25) is 4.79 Å². The van der Waals surface area contributed by atoms with Gasteiger partial charge in [0.2, 0.25) is 5.91 Å². The van der Waals surface area contributed by atoms with Gasteiger partial charge in [-0.05, 0) is 33.9 Å². The van der Waals surface area contributed by atoms with Gasteiger partial charge < -0.3 is 10.2 Å². The second-order valence-corrected chi connectivity index (χ2v) is 3.97. The van der Waals surface area contributed by atoms with Crippen molar-refractivity contribution in [3.63, 3.8) is 0 Å². The Kier molecular flexibility index (Phi) is 6.71. The monoisotopic (exact) mass is 210 g/mol. The van der Waals surface area contributed by atoms with E-state index in [0.29, 0.717) is 18.2 Å². The first-order valence-electron chi connectivity index (χ1n) is 5.20. The number of carbonyl (C=O) groups excluding carboxylic acids is 1. The van der Waals surface area contributed by atoms with Crippen LogP contribution in [-0.2, 0) is 4.79 Å². The summed E-state index contributed by atoms with van der Waals surface area (Å²) in [6, 6.07) is 0.438. The number of nitrogens with zero attached hydrogens (tertiary/aromatic N) is 1. The second kappa shape index (κ2) is 7.23. The lowest BCUT2D eigenvalue weighted by Crippen LogP contribution is -2.33. The predicted octanol–water partition coefficient (Wildman–Crippen LogP) is 1.58. The van der Waals surface area contributed by atoms with Crippen LogP contribution < -0.4 is 5.32 Å². The van der Waals surface area contributed by atoms with E-state index in [1.54, 1.807) is 6.92 Å². The molecule has 0 aliphatic heterocycles. The fraction of sp³-hybridized carbons (Fsp3) is 0.583. The lowest BCUT2D eigenvalue weighted by Gasteiger charge is -2.23. The van der Waals surface area contributed by atoms with E-state index in [1.807, 2.05) is 20.2 Å². The van der Waals surface area contributed by atoms with Crippen LogP contribution in [0.5, 0.6) is 0 Å². The first-order valence-corrected chi connectivity index (χ1v) is 5.20. The first kappa shape index (κ1) is 13.9. The molecule has 0 rings (SSSR count). The van der Waals surface area contributed by atoms with Crippen molar-refractivity contribution < 1.29 is 4.79 Å². The normalized spacial score (nSPS) is 12.3. The molecule has 1 atom stereocenters. The number of rotatable bonds is 7. The molecule has 1 unspecified atom stereocenters. The average Bonchev–Trinajstić information content (AvgIpc) is 2.15. The van der Waals surface area contributed by atoms with Crippen LogP contribution in [0.25, 0.3) is 0 Å². The van der Waals surface area contributed by atoms with Gasteiger partial charge in [0.1, 0.15) is 0 Å². The van der Waals surface area contributed by atoms with Crippen molar-refractivity contribution in [3.05, 3.63) is 24.8 Å². The van der Waals surface area contributed by atoms with E-state index in [0.717, 1.165) is 12.8 Å². The van der Waals surface area contributed by atoms with E-state index in [2.05, 4.69) is 23.4 Å². The maximum atomic E-state index is 11.2. The van der Waals surface area contributed by atoms with Gasteiger partial charge in [0, 0.05) is 18.2 Å². The molecule has 0 fully saturated rings. The molecule has 0 bridgehead atoms. The third-order valence-electron chi connectivity index (χ3n) is 2.32. The summed E-state index contributed by atoms with van der Waals surface area (Å²) >= 11 is 0. The highest BCUT2D eigenvalue weighted by Crippen LogP contribution is 2.04. The van der Waals surface area contributed by atoms with Gasteiger partial charge in [-0.1, -0.05) is 12.7 Å². The Balaban J connectivity index is 3.85. The van der Waals surface area contributed by atoms with Crippen LogP contribution >= 0.6 is 0 Å². The first-order chi connectivity index (χ1) is 6.99. The summed E-state index contributed by atoms with van der Waals surface area (Å²) in [5.41, 5.74) is 0.556. The number of carbonyl (C=O) groups is 1. The van der Waals surface area contributed by atoms with E-state index >= 15 is 0 Å². The van der Waals surface area contributed by atoms with Gasteiger partial charge in [-0.25, -0.2) is 0 Å². The summed E-state index contributed by atoms with van der Waals surface area (Å²) in [6.07, 6.45) is 3.78. The molecule has 0 aromatic rings. The van der Waals surface area contributed by atoms with Crippen LogP contribution in [0.4, 0.5) is 0 Å². The van der Waals surface area contributed by atoms with Crippen molar-refractivity contribution in [2.75, 3.05) is 20.6 Å². The highest BCUT2D eigenvalue weighted by molar-refractivity contribution is 5.91. The van der Waals surface area contributed by atoms with E-state index < -0.39 is 0 Å². The molecule has 1 amide bonds. The van der Waals surface area contributed by atoms with E-state index in [9.17, 15) is 4.79 Å². The van der Waals surface area contributed by atoms with E-state index in [1.165, 1.54) is 0 Å². The molecule has 1 N–H and O–H groups in total. The topological polar surface area (TPSA) is 32.3 Å². The Morgan fingerprint density at radius 1 is 1.53 bits per heavy atom. The summed E-state index contributed by atoms with van der Waals surface area (Å²) in [7, 11) is 4.07. The third-order valence-corrected chi connectivity index (χ3v) is 2.32. The molecule has 15 heavy (non-hydrogen) atoms. The summed E-state index contributed by atoms with van der Waals surface area (Å²) in [4.78, 5) is 13.4. The van der Waals surface area contributed by atoms with Crippen LogP contribution in [0.2, 0.25) is 0 Å². The number of amides is 1. The van der Waals surface area contributed by atoms with Crippen LogP contribution in [-0.4, -0.2) is 37.5 Å². The highest BCUT2D eigenvalue weighted by atomic mass is 16.1. The van der Waals surface area contributed by atoms with Crippen LogP contribution in [0.15, 0.2) is 24.8 Å². The van der Waals surface area contributed by atoms with Crippen molar-refractivity contribution in [2.45, 2.75) is 25.8 Å². The minimum absolute atomic E-state index is 0.0638. The minimum Gasteiger partial charge on any atom is -0.352 e. The van der Waals surface area contributed by atoms with E-state index in [-0.39, 0.29) is 5.91 Å². The zero-order valence-electron chi connectivity index (χ0n) is 10.0. The summed E-state index contributed by atoms with van der Waals surface area (Å²) in [6.45, 7) is 9.71. The molecular formula is C12H22N2O. The van der Waals surface area contributed by atoms with Crippen molar-refractivity contribution in [1.82, 2.24) is 10.2 Å². The molecule has 0 aromatic heterocycles. The summed E-state index contributed by atoms with van der Waals surface area (Å²) < 4.78 is 0. The SMILES string of the molecule is C=CCC(CCNC(=O)C(=C)C)N(C)C. The standard InChI is InChI=1S/C12H22N2O/c1-6-7-11(14(4)5)8-9-13-12(15)10(2)3/h6,11H,1-2,7-9H2,3-5H3,(H,13,15). The van der Waals surface area contributed by atoms with Gasteiger partial charge in [0.15, 0.2) is 0 Å². The molecule has 3 nitrogen and oxygen atoms in total. The molecule has 0 aliphatic rings. The van der Waals surface area contributed by atoms with E-state index in [4.69, 9.17) is 0 Å².